The Hall–Kier alpha value is -1.83. The van der Waals surface area contributed by atoms with Gasteiger partial charge in [-0.2, -0.15) is 0 Å². The van der Waals surface area contributed by atoms with E-state index < -0.39 is 0 Å². The van der Waals surface area contributed by atoms with Gasteiger partial charge in [0.05, 0.1) is 0 Å². The lowest BCUT2D eigenvalue weighted by atomic mass is 10.1. The maximum Gasteiger partial charge on any atom is 0.255 e. The fourth-order valence-corrected chi connectivity index (χ4v) is 1.84. The third-order valence-corrected chi connectivity index (χ3v) is 3.02. The van der Waals surface area contributed by atoms with E-state index in [1.54, 1.807) is 0 Å². The molecule has 1 aromatic carbocycles. The van der Waals surface area contributed by atoms with E-state index in [0.717, 1.165) is 22.4 Å². The van der Waals surface area contributed by atoms with Gasteiger partial charge in [0.25, 0.3) is 5.91 Å². The van der Waals surface area contributed by atoms with Crippen LogP contribution in [-0.2, 0) is 4.79 Å². The molecule has 0 fully saturated rings. The molecule has 0 aliphatic rings. The van der Waals surface area contributed by atoms with Crippen LogP contribution in [0.25, 0.3) is 0 Å². The summed E-state index contributed by atoms with van der Waals surface area (Å²) < 4.78 is 0. The molecular weight excluding hydrogens is 246 g/mol. The van der Waals surface area contributed by atoms with Gasteiger partial charge in [0.1, 0.15) is 0 Å². The van der Waals surface area contributed by atoms with Crippen LogP contribution in [0.2, 0.25) is 0 Å². The van der Waals surface area contributed by atoms with Crippen molar-refractivity contribution < 1.29 is 4.79 Å². The van der Waals surface area contributed by atoms with Crippen LogP contribution < -0.4 is 5.32 Å². The van der Waals surface area contributed by atoms with Crippen molar-refractivity contribution in [1.29, 1.82) is 0 Å². The Bertz CT molecular complexity index is 510. The average molecular weight is 273 g/mol. The Balaban J connectivity index is 0.00000172. The maximum atomic E-state index is 12.2. The zero-order valence-corrected chi connectivity index (χ0v) is 13.8. The molecule has 0 unspecified atom stereocenters. The minimum absolute atomic E-state index is 0.0555. The topological polar surface area (TPSA) is 29.1 Å². The quantitative estimate of drug-likeness (QED) is 0.596. The summed E-state index contributed by atoms with van der Waals surface area (Å²) in [5, 5.41) is 2.96. The van der Waals surface area contributed by atoms with Gasteiger partial charge in [-0.25, -0.2) is 0 Å². The molecule has 110 valence electrons. The molecule has 0 aliphatic heterocycles. The molecule has 0 saturated carbocycles. The SMILES string of the molecule is C/C=C(C)\C(=C/C)C(=O)Nc1ccc(C)cc1C.CC. The van der Waals surface area contributed by atoms with Crippen LogP contribution in [0.4, 0.5) is 5.69 Å². The van der Waals surface area contributed by atoms with Crippen LogP contribution >= 0.6 is 0 Å². The number of allylic oxidation sites excluding steroid dienone is 2. The first-order valence-corrected chi connectivity index (χ1v) is 7.17. The summed E-state index contributed by atoms with van der Waals surface area (Å²) in [6.07, 6.45) is 3.78. The van der Waals surface area contributed by atoms with E-state index in [1.165, 1.54) is 5.56 Å². The van der Waals surface area contributed by atoms with Crippen molar-refractivity contribution in [2.45, 2.75) is 48.5 Å². The number of nitrogens with one attached hydrogen (secondary N) is 1. The molecule has 1 N–H and O–H groups in total. The third-order valence-electron chi connectivity index (χ3n) is 3.02. The number of amides is 1. The minimum atomic E-state index is -0.0555. The van der Waals surface area contributed by atoms with Gasteiger partial charge in [0, 0.05) is 11.3 Å². The van der Waals surface area contributed by atoms with Crippen molar-refractivity contribution in [3.8, 4) is 0 Å². The summed E-state index contributed by atoms with van der Waals surface area (Å²) in [5.74, 6) is -0.0555. The molecule has 0 radical (unpaired) electrons. The first-order valence-electron chi connectivity index (χ1n) is 7.17. The van der Waals surface area contributed by atoms with Crippen molar-refractivity contribution in [1.82, 2.24) is 0 Å². The minimum Gasteiger partial charge on any atom is -0.322 e. The lowest BCUT2D eigenvalue weighted by Gasteiger charge is -2.11. The van der Waals surface area contributed by atoms with Gasteiger partial charge in [-0.3, -0.25) is 4.79 Å². The Morgan fingerprint density at radius 3 is 2.15 bits per heavy atom. The normalized spacial score (nSPS) is 11.6. The van der Waals surface area contributed by atoms with E-state index in [1.807, 2.05) is 72.8 Å². The number of anilines is 1. The predicted molar refractivity (Wildman–Crippen MR) is 89.1 cm³/mol. The zero-order chi connectivity index (χ0) is 15.7. The largest absolute Gasteiger partial charge is 0.322 e. The van der Waals surface area contributed by atoms with E-state index in [9.17, 15) is 4.79 Å². The molecule has 0 aliphatic carbocycles. The second-order valence-corrected chi connectivity index (χ2v) is 4.45. The standard InChI is InChI=1S/C16H21NO.C2H6/c1-6-12(4)14(7-2)16(18)17-15-9-8-11(3)10-13(15)5;1-2/h6-10H,1-5H3,(H,17,18);1-2H3/b12-6-,14-7+;. The van der Waals surface area contributed by atoms with Gasteiger partial charge in [0.2, 0.25) is 0 Å². The molecule has 20 heavy (non-hydrogen) atoms. The lowest BCUT2D eigenvalue weighted by Crippen LogP contribution is -2.15. The number of benzene rings is 1. The predicted octanol–water partition coefficient (Wildman–Crippen LogP) is 5.18. The van der Waals surface area contributed by atoms with Crippen molar-refractivity contribution >= 4 is 11.6 Å². The van der Waals surface area contributed by atoms with Gasteiger partial charge < -0.3 is 5.32 Å². The molecule has 0 atom stereocenters. The van der Waals surface area contributed by atoms with Crippen molar-refractivity contribution in [3.63, 3.8) is 0 Å². The van der Waals surface area contributed by atoms with E-state index in [4.69, 9.17) is 0 Å². The molecule has 1 amide bonds. The van der Waals surface area contributed by atoms with Gasteiger partial charge in [0.15, 0.2) is 0 Å². The second kappa shape index (κ2) is 9.13. The highest BCUT2D eigenvalue weighted by atomic mass is 16.1. The highest BCUT2D eigenvalue weighted by Crippen LogP contribution is 2.18. The van der Waals surface area contributed by atoms with Crippen molar-refractivity contribution in [2.24, 2.45) is 0 Å². The van der Waals surface area contributed by atoms with Crippen LogP contribution in [-0.4, -0.2) is 5.91 Å². The van der Waals surface area contributed by atoms with Crippen molar-refractivity contribution in [3.05, 3.63) is 52.6 Å². The first-order chi connectivity index (χ1) is 9.49. The number of aryl methyl sites for hydroxylation is 2. The van der Waals surface area contributed by atoms with E-state index in [2.05, 4.69) is 11.4 Å². The maximum absolute atomic E-state index is 12.2. The summed E-state index contributed by atoms with van der Waals surface area (Å²) in [5.41, 5.74) is 4.85. The Labute approximate surface area is 123 Å². The van der Waals surface area contributed by atoms with E-state index in [0.29, 0.717) is 0 Å². The highest BCUT2D eigenvalue weighted by Gasteiger charge is 2.11. The van der Waals surface area contributed by atoms with Crippen LogP contribution in [0, 0.1) is 13.8 Å². The fraction of sp³-hybridized carbons (Fsp3) is 0.389. The molecule has 2 heteroatoms. The Kier molecular flexibility index (Phi) is 8.30. The molecular formula is C18H27NO. The number of hydrogen-bond donors (Lipinski definition) is 1. The molecule has 0 bridgehead atoms. The smallest absolute Gasteiger partial charge is 0.255 e. The molecule has 1 rings (SSSR count). The molecule has 1 aromatic rings. The number of carbonyl (C=O) groups is 1. The second-order valence-electron chi connectivity index (χ2n) is 4.45. The summed E-state index contributed by atoms with van der Waals surface area (Å²) in [7, 11) is 0. The van der Waals surface area contributed by atoms with Gasteiger partial charge in [-0.1, -0.05) is 43.7 Å². The highest BCUT2D eigenvalue weighted by molar-refractivity contribution is 6.07. The van der Waals surface area contributed by atoms with Crippen LogP contribution in [0.15, 0.2) is 41.5 Å². The molecule has 0 heterocycles. The number of carbonyl (C=O) groups excluding carboxylic acids is 1. The van der Waals surface area contributed by atoms with Crippen LogP contribution in [0.1, 0.15) is 45.7 Å². The molecule has 0 spiro atoms. The average Bonchev–Trinajstić information content (AvgIpc) is 2.44. The molecule has 0 saturated heterocycles. The Morgan fingerprint density at radius 1 is 1.10 bits per heavy atom. The zero-order valence-electron chi connectivity index (χ0n) is 13.8. The lowest BCUT2D eigenvalue weighted by molar-refractivity contribution is -0.112. The fourth-order valence-electron chi connectivity index (χ4n) is 1.84. The van der Waals surface area contributed by atoms with Crippen LogP contribution in [0.3, 0.4) is 0 Å². The summed E-state index contributed by atoms with van der Waals surface area (Å²) in [6, 6.07) is 6.01. The van der Waals surface area contributed by atoms with Crippen molar-refractivity contribution in [2.75, 3.05) is 5.32 Å². The molecule has 2 nitrogen and oxygen atoms in total. The Morgan fingerprint density at radius 2 is 1.70 bits per heavy atom. The number of hydrogen-bond acceptors (Lipinski definition) is 1. The first kappa shape index (κ1) is 18.2. The third kappa shape index (κ3) is 5.04. The summed E-state index contributed by atoms with van der Waals surface area (Å²) in [6.45, 7) is 13.8. The van der Waals surface area contributed by atoms with Crippen LogP contribution in [0.5, 0.6) is 0 Å². The number of rotatable bonds is 3. The summed E-state index contributed by atoms with van der Waals surface area (Å²) in [4.78, 5) is 12.2. The summed E-state index contributed by atoms with van der Waals surface area (Å²) >= 11 is 0. The van der Waals surface area contributed by atoms with Gasteiger partial charge in [-0.05, 0) is 51.8 Å². The van der Waals surface area contributed by atoms with Gasteiger partial charge in [-0.15, -0.1) is 0 Å². The monoisotopic (exact) mass is 273 g/mol. The van der Waals surface area contributed by atoms with Gasteiger partial charge >= 0.3 is 0 Å². The van der Waals surface area contributed by atoms with E-state index in [-0.39, 0.29) is 5.91 Å². The van der Waals surface area contributed by atoms with E-state index >= 15 is 0 Å². The molecule has 0 aromatic heterocycles.